The van der Waals surface area contributed by atoms with Crippen molar-refractivity contribution in [2.45, 2.75) is 57.7 Å². The first-order chi connectivity index (χ1) is 10.3. The van der Waals surface area contributed by atoms with Crippen molar-refractivity contribution >= 4 is 0 Å². The van der Waals surface area contributed by atoms with Crippen LogP contribution in [-0.4, -0.2) is 15.6 Å². The molecule has 21 heavy (non-hydrogen) atoms. The summed E-state index contributed by atoms with van der Waals surface area (Å²) in [4.78, 5) is 4.37. The molecule has 1 aromatic carbocycles. The number of nitrogens with one attached hydrogen (secondary N) is 1. The highest BCUT2D eigenvalue weighted by Crippen LogP contribution is 2.25. The van der Waals surface area contributed by atoms with Crippen LogP contribution in [0, 0.1) is 0 Å². The molecule has 0 spiro atoms. The molecule has 3 nitrogen and oxygen atoms in total. The Morgan fingerprint density at radius 3 is 2.90 bits per heavy atom. The third-order valence-corrected chi connectivity index (χ3v) is 4.42. The van der Waals surface area contributed by atoms with Gasteiger partial charge in [0.2, 0.25) is 0 Å². The van der Waals surface area contributed by atoms with Gasteiger partial charge in [-0.15, -0.1) is 0 Å². The Balaban J connectivity index is 1.58. The van der Waals surface area contributed by atoms with E-state index in [2.05, 4.69) is 52.1 Å². The van der Waals surface area contributed by atoms with Gasteiger partial charge in [0.15, 0.2) is 0 Å². The summed E-state index contributed by atoms with van der Waals surface area (Å²) >= 11 is 0. The second-order valence-corrected chi connectivity index (χ2v) is 6.15. The van der Waals surface area contributed by atoms with Crippen LogP contribution in [0.1, 0.15) is 49.9 Å². The first-order valence-corrected chi connectivity index (χ1v) is 8.13. The molecule has 3 heteroatoms. The van der Waals surface area contributed by atoms with Crippen LogP contribution in [-0.2, 0) is 13.0 Å². The van der Waals surface area contributed by atoms with Crippen LogP contribution in [0.3, 0.4) is 0 Å². The SMILES string of the molecule is CC1CCCC(c2cncn2CCCc2ccccc2)N1. The fourth-order valence-electron chi connectivity index (χ4n) is 3.28. The average Bonchev–Trinajstić information content (AvgIpc) is 2.97. The summed E-state index contributed by atoms with van der Waals surface area (Å²) in [5, 5.41) is 3.71. The van der Waals surface area contributed by atoms with E-state index in [1.165, 1.54) is 30.5 Å². The predicted octanol–water partition coefficient (Wildman–Crippen LogP) is 3.72. The summed E-state index contributed by atoms with van der Waals surface area (Å²) < 4.78 is 2.33. The van der Waals surface area contributed by atoms with Crippen molar-refractivity contribution in [3.63, 3.8) is 0 Å². The van der Waals surface area contributed by atoms with Gasteiger partial charge in [-0.05, 0) is 44.6 Å². The molecule has 0 radical (unpaired) electrons. The zero-order valence-electron chi connectivity index (χ0n) is 12.8. The minimum absolute atomic E-state index is 0.480. The van der Waals surface area contributed by atoms with Crippen LogP contribution in [0.15, 0.2) is 42.9 Å². The summed E-state index contributed by atoms with van der Waals surface area (Å²) in [5.41, 5.74) is 2.78. The summed E-state index contributed by atoms with van der Waals surface area (Å²) in [5.74, 6) is 0. The van der Waals surface area contributed by atoms with Gasteiger partial charge in [-0.3, -0.25) is 0 Å². The summed E-state index contributed by atoms with van der Waals surface area (Å²) in [6.45, 7) is 3.33. The number of nitrogens with zero attached hydrogens (tertiary/aromatic N) is 2. The van der Waals surface area contributed by atoms with Gasteiger partial charge < -0.3 is 9.88 Å². The molecule has 1 saturated heterocycles. The lowest BCUT2D eigenvalue weighted by Crippen LogP contribution is -2.35. The van der Waals surface area contributed by atoms with Crippen molar-refractivity contribution in [3.8, 4) is 0 Å². The van der Waals surface area contributed by atoms with Gasteiger partial charge in [0.05, 0.1) is 12.0 Å². The molecular formula is C18H25N3. The Labute approximate surface area is 127 Å². The molecule has 2 unspecified atom stereocenters. The van der Waals surface area contributed by atoms with Gasteiger partial charge in [-0.25, -0.2) is 4.98 Å². The number of aromatic nitrogens is 2. The van der Waals surface area contributed by atoms with Crippen LogP contribution in [0.25, 0.3) is 0 Å². The fourth-order valence-corrected chi connectivity index (χ4v) is 3.28. The lowest BCUT2D eigenvalue weighted by Gasteiger charge is -2.29. The van der Waals surface area contributed by atoms with Crippen LogP contribution in [0.4, 0.5) is 0 Å². The first kappa shape index (κ1) is 14.3. The monoisotopic (exact) mass is 283 g/mol. The van der Waals surface area contributed by atoms with E-state index >= 15 is 0 Å². The van der Waals surface area contributed by atoms with E-state index in [1.807, 2.05) is 12.5 Å². The molecule has 1 aliphatic rings. The molecule has 0 bridgehead atoms. The fraction of sp³-hybridized carbons (Fsp3) is 0.500. The Hall–Kier alpha value is -1.61. The number of rotatable bonds is 5. The molecule has 1 N–H and O–H groups in total. The van der Waals surface area contributed by atoms with E-state index in [0.29, 0.717) is 12.1 Å². The van der Waals surface area contributed by atoms with E-state index in [9.17, 15) is 0 Å². The standard InChI is InChI=1S/C18H25N3/c1-15-7-5-11-17(20-15)18-13-19-14-21(18)12-6-10-16-8-3-2-4-9-16/h2-4,8-9,13-15,17,20H,5-7,10-12H2,1H3. The van der Waals surface area contributed by atoms with Gasteiger partial charge in [-0.2, -0.15) is 0 Å². The molecule has 2 heterocycles. The van der Waals surface area contributed by atoms with Gasteiger partial charge in [0.25, 0.3) is 0 Å². The lowest BCUT2D eigenvalue weighted by molar-refractivity contribution is 0.328. The van der Waals surface area contributed by atoms with Crippen molar-refractivity contribution in [1.29, 1.82) is 0 Å². The van der Waals surface area contributed by atoms with Crippen LogP contribution >= 0.6 is 0 Å². The normalized spacial score (nSPS) is 22.3. The highest BCUT2D eigenvalue weighted by molar-refractivity contribution is 5.14. The number of imidazole rings is 1. The molecule has 112 valence electrons. The zero-order chi connectivity index (χ0) is 14.5. The van der Waals surface area contributed by atoms with Gasteiger partial charge >= 0.3 is 0 Å². The molecule has 1 fully saturated rings. The van der Waals surface area contributed by atoms with Gasteiger partial charge in [0.1, 0.15) is 0 Å². The predicted molar refractivity (Wildman–Crippen MR) is 86.2 cm³/mol. The quantitative estimate of drug-likeness (QED) is 0.906. The smallest absolute Gasteiger partial charge is 0.0948 e. The molecule has 2 atom stereocenters. The molecule has 0 saturated carbocycles. The second kappa shape index (κ2) is 6.90. The van der Waals surface area contributed by atoms with Crippen LogP contribution in [0.5, 0.6) is 0 Å². The summed E-state index contributed by atoms with van der Waals surface area (Å²) in [7, 11) is 0. The van der Waals surface area contributed by atoms with Crippen molar-refractivity contribution < 1.29 is 0 Å². The van der Waals surface area contributed by atoms with Crippen molar-refractivity contribution in [2.75, 3.05) is 0 Å². The number of hydrogen-bond acceptors (Lipinski definition) is 2. The van der Waals surface area contributed by atoms with Crippen molar-refractivity contribution in [1.82, 2.24) is 14.9 Å². The summed E-state index contributed by atoms with van der Waals surface area (Å²) in [6.07, 6.45) is 10.2. The molecule has 1 aromatic heterocycles. The van der Waals surface area contributed by atoms with E-state index in [0.717, 1.165) is 19.4 Å². The molecular weight excluding hydrogens is 258 g/mol. The number of aryl methyl sites for hydroxylation is 2. The molecule has 0 amide bonds. The Morgan fingerprint density at radius 1 is 1.24 bits per heavy atom. The third kappa shape index (κ3) is 3.73. The van der Waals surface area contributed by atoms with Crippen LogP contribution < -0.4 is 5.32 Å². The second-order valence-electron chi connectivity index (χ2n) is 6.15. The number of hydrogen-bond donors (Lipinski definition) is 1. The van der Waals surface area contributed by atoms with Crippen molar-refractivity contribution in [2.24, 2.45) is 0 Å². The van der Waals surface area contributed by atoms with Crippen LogP contribution in [0.2, 0.25) is 0 Å². The maximum atomic E-state index is 4.37. The third-order valence-electron chi connectivity index (χ3n) is 4.42. The maximum absolute atomic E-state index is 4.37. The number of benzene rings is 1. The highest BCUT2D eigenvalue weighted by Gasteiger charge is 2.21. The molecule has 2 aromatic rings. The largest absolute Gasteiger partial charge is 0.333 e. The number of piperidine rings is 1. The minimum atomic E-state index is 0.480. The van der Waals surface area contributed by atoms with Gasteiger partial charge in [-0.1, -0.05) is 30.3 Å². The first-order valence-electron chi connectivity index (χ1n) is 8.13. The maximum Gasteiger partial charge on any atom is 0.0948 e. The topological polar surface area (TPSA) is 29.9 Å². The molecule has 1 aliphatic heterocycles. The Kier molecular flexibility index (Phi) is 4.71. The molecule has 0 aliphatic carbocycles. The van der Waals surface area contributed by atoms with E-state index < -0.39 is 0 Å². The average molecular weight is 283 g/mol. The van der Waals surface area contributed by atoms with Crippen molar-refractivity contribution in [3.05, 3.63) is 54.1 Å². The van der Waals surface area contributed by atoms with E-state index in [4.69, 9.17) is 0 Å². The Bertz CT molecular complexity index is 547. The Morgan fingerprint density at radius 2 is 2.10 bits per heavy atom. The summed E-state index contributed by atoms with van der Waals surface area (Å²) in [6, 6.07) is 11.8. The van der Waals surface area contributed by atoms with E-state index in [-0.39, 0.29) is 0 Å². The highest BCUT2D eigenvalue weighted by atomic mass is 15.1. The minimum Gasteiger partial charge on any atom is -0.333 e. The molecule has 3 rings (SSSR count). The van der Waals surface area contributed by atoms with Gasteiger partial charge in [0, 0.05) is 24.8 Å². The lowest BCUT2D eigenvalue weighted by atomic mass is 9.97. The van der Waals surface area contributed by atoms with E-state index in [1.54, 1.807) is 0 Å². The zero-order valence-corrected chi connectivity index (χ0v) is 12.8.